The summed E-state index contributed by atoms with van der Waals surface area (Å²) in [7, 11) is 0. The molecular formula is C34H34N4. The summed E-state index contributed by atoms with van der Waals surface area (Å²) in [4.78, 5) is 10.7. The van der Waals surface area contributed by atoms with Crippen molar-refractivity contribution in [1.29, 1.82) is 0 Å². The lowest BCUT2D eigenvalue weighted by molar-refractivity contribution is 0.711. The van der Waals surface area contributed by atoms with E-state index < -0.39 is 0 Å². The number of aliphatic imine (C=N–C) groups is 2. The van der Waals surface area contributed by atoms with Gasteiger partial charge in [-0.2, -0.15) is 0 Å². The van der Waals surface area contributed by atoms with Crippen molar-refractivity contribution in [3.8, 4) is 0 Å². The molecule has 4 heteroatoms. The lowest BCUT2D eigenvalue weighted by atomic mass is 10.1. The number of benzene rings is 4. The second-order valence-electron chi connectivity index (χ2n) is 10.4. The molecule has 0 aliphatic heterocycles. The summed E-state index contributed by atoms with van der Waals surface area (Å²) < 4.78 is 0. The van der Waals surface area contributed by atoms with Gasteiger partial charge < -0.3 is 10.6 Å². The highest BCUT2D eigenvalue weighted by atomic mass is 15.1. The van der Waals surface area contributed by atoms with Crippen LogP contribution in [0.4, 0.5) is 11.4 Å². The van der Waals surface area contributed by atoms with Gasteiger partial charge in [-0.1, -0.05) is 83.9 Å². The van der Waals surface area contributed by atoms with E-state index in [1.54, 1.807) is 0 Å². The maximum atomic E-state index is 5.36. The first kappa shape index (κ1) is 24.2. The average Bonchev–Trinajstić information content (AvgIpc) is 3.54. The van der Waals surface area contributed by atoms with E-state index >= 15 is 0 Å². The highest BCUT2D eigenvalue weighted by Crippen LogP contribution is 2.36. The molecule has 0 bridgehead atoms. The molecule has 4 aromatic rings. The molecule has 0 unspecified atom stereocenters. The van der Waals surface area contributed by atoms with Gasteiger partial charge in [0.25, 0.3) is 0 Å². The van der Waals surface area contributed by atoms with Crippen molar-refractivity contribution in [3.05, 3.63) is 130 Å². The third-order valence-electron chi connectivity index (χ3n) is 7.63. The van der Waals surface area contributed by atoms with Gasteiger partial charge >= 0.3 is 0 Å². The van der Waals surface area contributed by atoms with Crippen molar-refractivity contribution in [2.75, 3.05) is 10.6 Å². The Kier molecular flexibility index (Phi) is 6.78. The summed E-state index contributed by atoms with van der Waals surface area (Å²) in [5.41, 5.74) is 9.89. The molecular weight excluding hydrogens is 464 g/mol. The summed E-state index contributed by atoms with van der Waals surface area (Å²) in [5, 5.41) is 7.30. The number of anilines is 2. The average molecular weight is 499 g/mol. The van der Waals surface area contributed by atoms with E-state index in [-0.39, 0.29) is 12.1 Å². The summed E-state index contributed by atoms with van der Waals surface area (Å²) in [5.74, 6) is 1.56. The van der Waals surface area contributed by atoms with Crippen LogP contribution in [0.25, 0.3) is 0 Å². The van der Waals surface area contributed by atoms with E-state index in [2.05, 4.69) is 122 Å². The molecule has 0 aromatic heterocycles. The van der Waals surface area contributed by atoms with Crippen LogP contribution in [0.15, 0.2) is 107 Å². The van der Waals surface area contributed by atoms with Crippen LogP contribution < -0.4 is 10.6 Å². The van der Waals surface area contributed by atoms with Gasteiger partial charge in [0.05, 0.1) is 12.1 Å². The zero-order valence-electron chi connectivity index (χ0n) is 22.1. The number of fused-ring (bicyclic) bond motifs is 2. The molecule has 6 rings (SSSR count). The molecule has 4 aromatic carbocycles. The van der Waals surface area contributed by atoms with E-state index in [0.717, 1.165) is 48.7 Å². The van der Waals surface area contributed by atoms with Gasteiger partial charge in [-0.3, -0.25) is 9.98 Å². The standard InChI is InChI=1S/C34H34N4/c1-23-11-17-27(18-12-23)35-33(37-31-21-15-25-7-3-5-9-29(25)31)34(36-28-19-13-24(2)14-20-28)38-32-22-16-26-8-4-6-10-30(26)32/h3-14,17-20,31-32H,15-16,21-22H2,1-2H3,(H,35,37)(H,36,38)/t31-,32-/m1/s1. The first-order chi connectivity index (χ1) is 18.6. The molecule has 190 valence electrons. The zero-order chi connectivity index (χ0) is 25.9. The number of nitrogens with zero attached hydrogens (tertiary/aromatic N) is 2. The Bertz CT molecular complexity index is 1370. The van der Waals surface area contributed by atoms with Crippen LogP contribution in [0.5, 0.6) is 0 Å². The fourth-order valence-electron chi connectivity index (χ4n) is 5.50. The minimum Gasteiger partial charge on any atom is -0.337 e. The Morgan fingerprint density at radius 1 is 0.553 bits per heavy atom. The minimum absolute atomic E-state index is 0.0973. The third-order valence-corrected chi connectivity index (χ3v) is 7.63. The smallest absolute Gasteiger partial charge is 0.169 e. The predicted molar refractivity (Wildman–Crippen MR) is 159 cm³/mol. The highest BCUT2D eigenvalue weighted by Gasteiger charge is 2.26. The lowest BCUT2D eigenvalue weighted by Crippen LogP contribution is -2.31. The molecule has 2 N–H and O–H groups in total. The second-order valence-corrected chi connectivity index (χ2v) is 10.4. The largest absolute Gasteiger partial charge is 0.337 e. The number of rotatable bonds is 4. The van der Waals surface area contributed by atoms with Crippen molar-refractivity contribution in [1.82, 2.24) is 0 Å². The van der Waals surface area contributed by atoms with Crippen LogP contribution in [0.3, 0.4) is 0 Å². The summed E-state index contributed by atoms with van der Waals surface area (Å²) in [6.07, 6.45) is 4.11. The Balaban J connectivity index is 1.44. The highest BCUT2D eigenvalue weighted by molar-refractivity contribution is 6.48. The molecule has 2 aliphatic carbocycles. The van der Waals surface area contributed by atoms with Crippen LogP contribution >= 0.6 is 0 Å². The number of hydrogen-bond donors (Lipinski definition) is 2. The van der Waals surface area contributed by atoms with Gasteiger partial charge in [0, 0.05) is 11.4 Å². The third kappa shape index (κ3) is 5.26. The van der Waals surface area contributed by atoms with Crippen LogP contribution in [-0.4, -0.2) is 11.7 Å². The minimum atomic E-state index is 0.0973. The molecule has 4 nitrogen and oxygen atoms in total. The quantitative estimate of drug-likeness (QED) is 0.221. The zero-order valence-corrected chi connectivity index (χ0v) is 22.1. The molecule has 0 saturated carbocycles. The molecule has 38 heavy (non-hydrogen) atoms. The van der Waals surface area contributed by atoms with Crippen molar-refractivity contribution < 1.29 is 0 Å². The van der Waals surface area contributed by atoms with Gasteiger partial charge in [-0.25, -0.2) is 0 Å². The number of aryl methyl sites for hydroxylation is 4. The van der Waals surface area contributed by atoms with E-state index in [9.17, 15) is 0 Å². The monoisotopic (exact) mass is 498 g/mol. The van der Waals surface area contributed by atoms with Gasteiger partial charge in [0.2, 0.25) is 0 Å². The van der Waals surface area contributed by atoms with Crippen LogP contribution in [0.1, 0.15) is 58.3 Å². The van der Waals surface area contributed by atoms with Gasteiger partial charge in [0.1, 0.15) is 0 Å². The Hall–Kier alpha value is -4.18. The Labute approximate surface area is 225 Å². The SMILES string of the molecule is Cc1ccc(NC(=N[C@@H]2CCc3ccccc32)C(=N[C@@H]2CCc3ccccc32)Nc2ccc(C)cc2)cc1. The lowest BCUT2D eigenvalue weighted by Gasteiger charge is -2.19. The normalized spacial score (nSPS) is 18.7. The number of nitrogens with one attached hydrogen (secondary N) is 2. The molecule has 0 heterocycles. The van der Waals surface area contributed by atoms with Gasteiger partial charge in [0.15, 0.2) is 11.7 Å². The van der Waals surface area contributed by atoms with Crippen LogP contribution in [-0.2, 0) is 12.8 Å². The van der Waals surface area contributed by atoms with Gasteiger partial charge in [-0.15, -0.1) is 0 Å². The van der Waals surface area contributed by atoms with Crippen molar-refractivity contribution in [2.24, 2.45) is 9.98 Å². The summed E-state index contributed by atoms with van der Waals surface area (Å²) >= 11 is 0. The van der Waals surface area contributed by atoms with Gasteiger partial charge in [-0.05, 0) is 86.1 Å². The van der Waals surface area contributed by atoms with E-state index in [0.29, 0.717) is 0 Å². The maximum absolute atomic E-state index is 5.36. The van der Waals surface area contributed by atoms with E-state index in [1.807, 2.05) is 0 Å². The van der Waals surface area contributed by atoms with Crippen LogP contribution in [0.2, 0.25) is 0 Å². The molecule has 0 spiro atoms. The van der Waals surface area contributed by atoms with Crippen LogP contribution in [0, 0.1) is 13.8 Å². The Morgan fingerprint density at radius 2 is 0.947 bits per heavy atom. The molecule has 0 fully saturated rings. The molecule has 2 atom stereocenters. The van der Waals surface area contributed by atoms with E-state index in [1.165, 1.54) is 33.4 Å². The number of hydrogen-bond acceptors (Lipinski definition) is 2. The molecule has 0 saturated heterocycles. The molecule has 2 aliphatic rings. The molecule has 0 radical (unpaired) electrons. The summed E-state index contributed by atoms with van der Waals surface area (Å²) in [6.45, 7) is 4.22. The fraction of sp³-hybridized carbons (Fsp3) is 0.235. The van der Waals surface area contributed by atoms with Crippen molar-refractivity contribution in [2.45, 2.75) is 51.6 Å². The Morgan fingerprint density at radius 3 is 1.37 bits per heavy atom. The first-order valence-electron chi connectivity index (χ1n) is 13.6. The number of amidine groups is 2. The second kappa shape index (κ2) is 10.7. The van der Waals surface area contributed by atoms with Crippen molar-refractivity contribution >= 4 is 23.0 Å². The van der Waals surface area contributed by atoms with E-state index in [4.69, 9.17) is 9.98 Å². The maximum Gasteiger partial charge on any atom is 0.169 e. The predicted octanol–water partition coefficient (Wildman–Crippen LogP) is 8.00. The fourth-order valence-corrected chi connectivity index (χ4v) is 5.50. The summed E-state index contributed by atoms with van der Waals surface area (Å²) in [6, 6.07) is 34.5. The van der Waals surface area contributed by atoms with Crippen molar-refractivity contribution in [3.63, 3.8) is 0 Å². The molecule has 0 amide bonds. The first-order valence-corrected chi connectivity index (χ1v) is 13.6. The topological polar surface area (TPSA) is 48.8 Å².